The Labute approximate surface area is 106 Å². The van der Waals surface area contributed by atoms with Gasteiger partial charge < -0.3 is 10.7 Å². The van der Waals surface area contributed by atoms with Crippen molar-refractivity contribution in [1.82, 2.24) is 5.32 Å². The first-order valence-corrected chi connectivity index (χ1v) is 6.61. The van der Waals surface area contributed by atoms with Crippen molar-refractivity contribution in [2.75, 3.05) is 18.2 Å². The number of thioether (sulfide) groups is 1. The summed E-state index contributed by atoms with van der Waals surface area (Å²) >= 11 is 1.73. The van der Waals surface area contributed by atoms with E-state index in [-0.39, 0.29) is 10.7 Å². The topological polar surface area (TPSA) is 67.2 Å². The monoisotopic (exact) mass is 253 g/mol. The molecule has 0 aliphatic heterocycles. The highest BCUT2D eigenvalue weighted by molar-refractivity contribution is 7.99. The molecule has 1 amide bonds. The highest BCUT2D eigenvalue weighted by atomic mass is 32.2. The maximum Gasteiger partial charge on any atom is 0.251 e. The number of hydrogen-bond acceptors (Lipinski definition) is 4. The van der Waals surface area contributed by atoms with E-state index in [9.17, 15) is 4.79 Å². The van der Waals surface area contributed by atoms with Crippen molar-refractivity contribution in [2.24, 2.45) is 5.84 Å². The molecule has 94 valence electrons. The van der Waals surface area contributed by atoms with Gasteiger partial charge in [0.25, 0.3) is 5.91 Å². The lowest BCUT2D eigenvalue weighted by molar-refractivity contribution is 0.0951. The predicted octanol–water partition coefficient (Wildman–Crippen LogP) is 1.84. The Morgan fingerprint density at radius 2 is 1.94 bits per heavy atom. The Balaban J connectivity index is 2.58. The minimum atomic E-state index is -0.0595. The summed E-state index contributed by atoms with van der Waals surface area (Å²) in [4.78, 5) is 11.8. The molecule has 1 aromatic rings. The summed E-state index contributed by atoms with van der Waals surface area (Å²) in [5.74, 6) is 5.20. The first-order chi connectivity index (χ1) is 7.98. The fraction of sp³-hybridized carbons (Fsp3) is 0.417. The van der Waals surface area contributed by atoms with Crippen LogP contribution in [0.1, 0.15) is 24.2 Å². The summed E-state index contributed by atoms with van der Waals surface area (Å²) < 4.78 is 0.0500. The van der Waals surface area contributed by atoms with Gasteiger partial charge in [0.1, 0.15) is 0 Å². The first kappa shape index (κ1) is 13.9. The molecule has 4 nitrogen and oxygen atoms in total. The standard InChI is InChI=1S/C12H19N3OS/c1-12(2,17-3)8-14-11(16)9-4-6-10(15-13)7-5-9/h4-7,15H,8,13H2,1-3H3,(H,14,16). The van der Waals surface area contributed by atoms with Crippen molar-refractivity contribution in [2.45, 2.75) is 18.6 Å². The number of hydrogen-bond donors (Lipinski definition) is 3. The van der Waals surface area contributed by atoms with Crippen LogP contribution in [0.2, 0.25) is 0 Å². The molecule has 1 rings (SSSR count). The van der Waals surface area contributed by atoms with Gasteiger partial charge in [0.2, 0.25) is 0 Å². The third kappa shape index (κ3) is 4.28. The van der Waals surface area contributed by atoms with Gasteiger partial charge in [-0.2, -0.15) is 11.8 Å². The Kier molecular flexibility index (Phi) is 4.84. The van der Waals surface area contributed by atoms with E-state index in [1.165, 1.54) is 0 Å². The van der Waals surface area contributed by atoms with E-state index in [0.717, 1.165) is 5.69 Å². The fourth-order valence-electron chi connectivity index (χ4n) is 1.19. The zero-order chi connectivity index (χ0) is 12.9. The number of nitrogen functional groups attached to an aromatic ring is 1. The number of benzene rings is 1. The molecule has 0 spiro atoms. The molecule has 0 aromatic heterocycles. The molecule has 0 fully saturated rings. The zero-order valence-corrected chi connectivity index (χ0v) is 11.2. The predicted molar refractivity (Wildman–Crippen MR) is 74.2 cm³/mol. The fourth-order valence-corrected chi connectivity index (χ4v) is 1.40. The van der Waals surface area contributed by atoms with Crippen molar-refractivity contribution in [1.29, 1.82) is 0 Å². The number of hydrazine groups is 1. The highest BCUT2D eigenvalue weighted by Gasteiger charge is 2.17. The molecule has 0 atom stereocenters. The highest BCUT2D eigenvalue weighted by Crippen LogP contribution is 2.19. The van der Waals surface area contributed by atoms with Gasteiger partial charge in [-0.1, -0.05) is 0 Å². The second-order valence-corrected chi connectivity index (χ2v) is 5.88. The van der Waals surface area contributed by atoms with Gasteiger partial charge >= 0.3 is 0 Å². The van der Waals surface area contributed by atoms with E-state index in [4.69, 9.17) is 5.84 Å². The molecule has 4 N–H and O–H groups in total. The second kappa shape index (κ2) is 5.93. The Hall–Kier alpha value is -1.20. The van der Waals surface area contributed by atoms with Gasteiger partial charge in [-0.3, -0.25) is 10.6 Å². The average molecular weight is 253 g/mol. The van der Waals surface area contributed by atoms with Crippen molar-refractivity contribution < 1.29 is 4.79 Å². The second-order valence-electron chi connectivity index (χ2n) is 4.37. The van der Waals surface area contributed by atoms with Crippen LogP contribution in [0.15, 0.2) is 24.3 Å². The Bertz CT molecular complexity index is 376. The third-order valence-corrected chi connectivity index (χ3v) is 3.79. The SMILES string of the molecule is CSC(C)(C)CNC(=O)c1ccc(NN)cc1. The van der Waals surface area contributed by atoms with Crippen molar-refractivity contribution in [3.8, 4) is 0 Å². The van der Waals surface area contributed by atoms with Crippen molar-refractivity contribution in [3.05, 3.63) is 29.8 Å². The van der Waals surface area contributed by atoms with Gasteiger partial charge in [-0.25, -0.2) is 0 Å². The zero-order valence-electron chi connectivity index (χ0n) is 10.4. The maximum absolute atomic E-state index is 11.8. The molecule has 1 aromatic carbocycles. The van der Waals surface area contributed by atoms with E-state index in [1.54, 1.807) is 36.0 Å². The van der Waals surface area contributed by atoms with E-state index in [2.05, 4.69) is 24.6 Å². The third-order valence-electron chi connectivity index (χ3n) is 2.54. The molecule has 0 saturated carbocycles. The molecule has 0 saturated heterocycles. The molecule has 0 aliphatic rings. The summed E-state index contributed by atoms with van der Waals surface area (Å²) in [7, 11) is 0. The molecule has 0 aliphatic carbocycles. The number of amides is 1. The quantitative estimate of drug-likeness (QED) is 0.553. The Morgan fingerprint density at radius 1 is 1.35 bits per heavy atom. The van der Waals surface area contributed by atoms with E-state index < -0.39 is 0 Å². The molecule has 0 bridgehead atoms. The lowest BCUT2D eigenvalue weighted by Crippen LogP contribution is -2.36. The van der Waals surface area contributed by atoms with Crippen LogP contribution in [0, 0.1) is 0 Å². The van der Waals surface area contributed by atoms with Crippen LogP contribution >= 0.6 is 11.8 Å². The normalized spacial score (nSPS) is 11.1. The number of rotatable bonds is 5. The summed E-state index contributed by atoms with van der Waals surface area (Å²) in [6.45, 7) is 4.84. The van der Waals surface area contributed by atoms with Gasteiger partial charge in [0.05, 0.1) is 0 Å². The molecule has 0 unspecified atom stereocenters. The summed E-state index contributed by atoms with van der Waals surface area (Å²) in [5.41, 5.74) is 3.95. The number of nitrogens with two attached hydrogens (primary N) is 1. The van der Waals surface area contributed by atoms with Crippen LogP contribution < -0.4 is 16.6 Å². The molecule has 0 heterocycles. The van der Waals surface area contributed by atoms with Crippen molar-refractivity contribution in [3.63, 3.8) is 0 Å². The molecule has 5 heteroatoms. The lowest BCUT2D eigenvalue weighted by atomic mass is 10.1. The molecular weight excluding hydrogens is 234 g/mol. The summed E-state index contributed by atoms with van der Waals surface area (Å²) in [6, 6.07) is 7.04. The Morgan fingerprint density at radius 3 is 2.41 bits per heavy atom. The number of nitrogens with one attached hydrogen (secondary N) is 2. The van der Waals surface area contributed by atoms with Crippen LogP contribution in [0.5, 0.6) is 0 Å². The van der Waals surface area contributed by atoms with Gasteiger partial charge in [-0.15, -0.1) is 0 Å². The number of carbonyl (C=O) groups is 1. The van der Waals surface area contributed by atoms with E-state index >= 15 is 0 Å². The summed E-state index contributed by atoms with van der Waals surface area (Å²) in [5, 5.41) is 2.92. The average Bonchev–Trinajstić information content (AvgIpc) is 2.36. The van der Waals surface area contributed by atoms with Gasteiger partial charge in [0.15, 0.2) is 0 Å². The van der Waals surface area contributed by atoms with E-state index in [0.29, 0.717) is 12.1 Å². The minimum absolute atomic E-state index is 0.0500. The van der Waals surface area contributed by atoms with Gasteiger partial charge in [0, 0.05) is 22.5 Å². The van der Waals surface area contributed by atoms with Crippen LogP contribution in [-0.2, 0) is 0 Å². The van der Waals surface area contributed by atoms with Crippen LogP contribution in [-0.4, -0.2) is 23.5 Å². The van der Waals surface area contributed by atoms with Crippen LogP contribution in [0.4, 0.5) is 5.69 Å². The summed E-state index contributed by atoms with van der Waals surface area (Å²) in [6.07, 6.45) is 2.04. The number of carbonyl (C=O) groups excluding carboxylic acids is 1. The largest absolute Gasteiger partial charge is 0.351 e. The van der Waals surface area contributed by atoms with Crippen LogP contribution in [0.25, 0.3) is 0 Å². The smallest absolute Gasteiger partial charge is 0.251 e. The molecular formula is C12H19N3OS. The lowest BCUT2D eigenvalue weighted by Gasteiger charge is -2.22. The minimum Gasteiger partial charge on any atom is -0.351 e. The molecule has 0 radical (unpaired) electrons. The first-order valence-electron chi connectivity index (χ1n) is 5.38. The van der Waals surface area contributed by atoms with Gasteiger partial charge in [-0.05, 0) is 44.4 Å². The van der Waals surface area contributed by atoms with Crippen LogP contribution in [0.3, 0.4) is 0 Å². The van der Waals surface area contributed by atoms with Crippen molar-refractivity contribution >= 4 is 23.4 Å². The van der Waals surface area contributed by atoms with E-state index in [1.807, 2.05) is 6.26 Å². The molecule has 17 heavy (non-hydrogen) atoms. The maximum atomic E-state index is 11.8. The number of anilines is 1.